The van der Waals surface area contributed by atoms with E-state index >= 15 is 0 Å². The largest absolute Gasteiger partial charge is 0.316 e. The molecule has 0 saturated carbocycles. The Morgan fingerprint density at radius 1 is 1.43 bits per heavy atom. The second-order valence-corrected chi connectivity index (χ2v) is 3.79. The van der Waals surface area contributed by atoms with Crippen molar-refractivity contribution in [1.29, 1.82) is 0 Å². The standard InChI is InChI=1S/C11H16FNO/c1-7(2)10-5-9(6-13-14)8(3)4-11(10)12/h4-5,7,13-14H,6H2,1-3H3. The summed E-state index contributed by atoms with van der Waals surface area (Å²) in [6, 6.07) is 3.32. The quantitative estimate of drug-likeness (QED) is 0.730. The predicted molar refractivity (Wildman–Crippen MR) is 53.9 cm³/mol. The van der Waals surface area contributed by atoms with Crippen LogP contribution in [0.15, 0.2) is 12.1 Å². The minimum atomic E-state index is -0.167. The number of halogens is 1. The zero-order chi connectivity index (χ0) is 10.7. The van der Waals surface area contributed by atoms with E-state index in [-0.39, 0.29) is 11.7 Å². The molecule has 1 rings (SSSR count). The van der Waals surface area contributed by atoms with Crippen molar-refractivity contribution >= 4 is 0 Å². The molecule has 78 valence electrons. The lowest BCUT2D eigenvalue weighted by atomic mass is 9.97. The minimum absolute atomic E-state index is 0.160. The lowest BCUT2D eigenvalue weighted by Crippen LogP contribution is -2.09. The van der Waals surface area contributed by atoms with Crippen molar-refractivity contribution < 1.29 is 9.60 Å². The van der Waals surface area contributed by atoms with E-state index in [4.69, 9.17) is 5.21 Å². The minimum Gasteiger partial charge on any atom is -0.316 e. The van der Waals surface area contributed by atoms with Gasteiger partial charge in [-0.05, 0) is 35.6 Å². The third-order valence-electron chi connectivity index (χ3n) is 2.35. The molecule has 1 aromatic rings. The molecular weight excluding hydrogens is 181 g/mol. The highest BCUT2D eigenvalue weighted by Crippen LogP contribution is 2.22. The third-order valence-corrected chi connectivity index (χ3v) is 2.35. The molecule has 0 fully saturated rings. The molecule has 0 aliphatic rings. The van der Waals surface area contributed by atoms with Crippen molar-refractivity contribution in [3.8, 4) is 0 Å². The van der Waals surface area contributed by atoms with Crippen molar-refractivity contribution in [2.45, 2.75) is 33.2 Å². The Morgan fingerprint density at radius 2 is 2.07 bits per heavy atom. The Balaban J connectivity index is 3.13. The van der Waals surface area contributed by atoms with Gasteiger partial charge in [-0.1, -0.05) is 19.9 Å². The van der Waals surface area contributed by atoms with Gasteiger partial charge in [-0.2, -0.15) is 0 Å². The SMILES string of the molecule is Cc1cc(F)c(C(C)C)cc1CNO. The molecule has 0 bridgehead atoms. The summed E-state index contributed by atoms with van der Waals surface area (Å²) >= 11 is 0. The molecule has 0 radical (unpaired) electrons. The van der Waals surface area contributed by atoms with Gasteiger partial charge in [0.2, 0.25) is 0 Å². The number of aryl methyl sites for hydroxylation is 1. The number of hydrogen-bond acceptors (Lipinski definition) is 2. The van der Waals surface area contributed by atoms with Crippen molar-refractivity contribution in [2.24, 2.45) is 0 Å². The van der Waals surface area contributed by atoms with Gasteiger partial charge in [0.25, 0.3) is 0 Å². The van der Waals surface area contributed by atoms with E-state index in [2.05, 4.69) is 5.48 Å². The molecule has 0 unspecified atom stereocenters. The Kier molecular flexibility index (Phi) is 3.61. The van der Waals surface area contributed by atoms with Gasteiger partial charge in [-0.15, -0.1) is 0 Å². The molecule has 0 saturated heterocycles. The molecule has 1 aromatic carbocycles. The van der Waals surface area contributed by atoms with E-state index in [0.717, 1.165) is 11.1 Å². The first kappa shape index (κ1) is 11.1. The Bertz CT molecular complexity index is 323. The van der Waals surface area contributed by atoms with Crippen LogP contribution in [0, 0.1) is 12.7 Å². The summed E-state index contributed by atoms with van der Waals surface area (Å²) in [5.41, 5.74) is 4.57. The van der Waals surface area contributed by atoms with Crippen LogP contribution in [0.1, 0.15) is 36.5 Å². The predicted octanol–water partition coefficient (Wildman–Crippen LogP) is 2.74. The fourth-order valence-corrected chi connectivity index (χ4v) is 1.45. The van der Waals surface area contributed by atoms with Gasteiger partial charge in [-0.25, -0.2) is 9.87 Å². The highest BCUT2D eigenvalue weighted by molar-refractivity contribution is 5.33. The first-order valence-corrected chi connectivity index (χ1v) is 4.72. The molecule has 3 heteroatoms. The second-order valence-electron chi connectivity index (χ2n) is 3.79. The second kappa shape index (κ2) is 4.53. The van der Waals surface area contributed by atoms with Crippen LogP contribution >= 0.6 is 0 Å². The van der Waals surface area contributed by atoms with Crippen LogP contribution in [0.5, 0.6) is 0 Å². The zero-order valence-electron chi connectivity index (χ0n) is 8.76. The van der Waals surface area contributed by atoms with Gasteiger partial charge in [0.05, 0.1) is 0 Å². The summed E-state index contributed by atoms with van der Waals surface area (Å²) < 4.78 is 13.4. The number of rotatable bonds is 3. The van der Waals surface area contributed by atoms with Crippen LogP contribution in [0.3, 0.4) is 0 Å². The van der Waals surface area contributed by atoms with Crippen molar-refractivity contribution in [3.63, 3.8) is 0 Å². The Hall–Kier alpha value is -0.930. The first-order chi connectivity index (χ1) is 6.56. The summed E-state index contributed by atoms with van der Waals surface area (Å²) in [5.74, 6) is -0.00719. The van der Waals surface area contributed by atoms with Crippen LogP contribution in [-0.4, -0.2) is 5.21 Å². The Morgan fingerprint density at radius 3 is 2.57 bits per heavy atom. The summed E-state index contributed by atoms with van der Waals surface area (Å²) in [6.45, 7) is 6.08. The average molecular weight is 197 g/mol. The van der Waals surface area contributed by atoms with Gasteiger partial charge in [-0.3, -0.25) is 0 Å². The molecule has 2 nitrogen and oxygen atoms in total. The summed E-state index contributed by atoms with van der Waals surface area (Å²) in [7, 11) is 0. The molecule has 0 atom stereocenters. The lowest BCUT2D eigenvalue weighted by molar-refractivity contribution is 0.161. The number of hydroxylamine groups is 1. The normalized spacial score (nSPS) is 11.0. The van der Waals surface area contributed by atoms with E-state index in [9.17, 15) is 4.39 Å². The van der Waals surface area contributed by atoms with Crippen LogP contribution in [0.4, 0.5) is 4.39 Å². The maximum Gasteiger partial charge on any atom is 0.126 e. The monoisotopic (exact) mass is 197 g/mol. The molecule has 0 heterocycles. The summed E-state index contributed by atoms with van der Waals surface area (Å²) in [4.78, 5) is 0. The maximum absolute atomic E-state index is 13.4. The zero-order valence-corrected chi connectivity index (χ0v) is 8.76. The first-order valence-electron chi connectivity index (χ1n) is 4.72. The van der Waals surface area contributed by atoms with E-state index in [1.165, 1.54) is 6.07 Å². The van der Waals surface area contributed by atoms with Gasteiger partial charge in [0, 0.05) is 6.54 Å². The van der Waals surface area contributed by atoms with Crippen molar-refractivity contribution in [2.75, 3.05) is 0 Å². The maximum atomic E-state index is 13.4. The molecule has 14 heavy (non-hydrogen) atoms. The fourth-order valence-electron chi connectivity index (χ4n) is 1.45. The smallest absolute Gasteiger partial charge is 0.126 e. The fraction of sp³-hybridized carbons (Fsp3) is 0.455. The van der Waals surface area contributed by atoms with E-state index in [1.54, 1.807) is 6.07 Å². The van der Waals surface area contributed by atoms with E-state index < -0.39 is 0 Å². The van der Waals surface area contributed by atoms with Gasteiger partial charge < -0.3 is 5.21 Å². The summed E-state index contributed by atoms with van der Waals surface area (Å²) in [5, 5.41) is 8.60. The average Bonchev–Trinajstić information content (AvgIpc) is 2.09. The Labute approximate surface area is 83.7 Å². The van der Waals surface area contributed by atoms with Gasteiger partial charge in [0.1, 0.15) is 5.82 Å². The third kappa shape index (κ3) is 2.30. The summed E-state index contributed by atoms with van der Waals surface area (Å²) in [6.07, 6.45) is 0. The molecule has 0 spiro atoms. The van der Waals surface area contributed by atoms with E-state index in [1.807, 2.05) is 20.8 Å². The molecule has 2 N–H and O–H groups in total. The van der Waals surface area contributed by atoms with Crippen LogP contribution in [0.2, 0.25) is 0 Å². The number of benzene rings is 1. The molecule has 0 aromatic heterocycles. The van der Waals surface area contributed by atoms with Crippen molar-refractivity contribution in [3.05, 3.63) is 34.6 Å². The number of nitrogens with one attached hydrogen (secondary N) is 1. The molecule has 0 amide bonds. The number of hydrogen-bond donors (Lipinski definition) is 2. The molecule has 0 aliphatic heterocycles. The van der Waals surface area contributed by atoms with Crippen LogP contribution in [0.25, 0.3) is 0 Å². The highest BCUT2D eigenvalue weighted by Gasteiger charge is 2.09. The highest BCUT2D eigenvalue weighted by atomic mass is 19.1. The molecular formula is C11H16FNO. The van der Waals surface area contributed by atoms with E-state index in [0.29, 0.717) is 12.1 Å². The van der Waals surface area contributed by atoms with Gasteiger partial charge in [0.15, 0.2) is 0 Å². The van der Waals surface area contributed by atoms with Crippen LogP contribution in [-0.2, 0) is 6.54 Å². The van der Waals surface area contributed by atoms with Crippen molar-refractivity contribution in [1.82, 2.24) is 5.48 Å². The lowest BCUT2D eigenvalue weighted by Gasteiger charge is -2.12. The van der Waals surface area contributed by atoms with Gasteiger partial charge >= 0.3 is 0 Å². The molecule has 0 aliphatic carbocycles. The topological polar surface area (TPSA) is 32.3 Å². The van der Waals surface area contributed by atoms with Crippen LogP contribution < -0.4 is 5.48 Å².